The van der Waals surface area contributed by atoms with Gasteiger partial charge in [0, 0.05) is 30.5 Å². The SMILES string of the molecule is [2H]c1cc2c(c([2H])c1[2H])-c1c(-c3c([2H])c([2H])c([2H])c([2H])c3N(c3c([2H])c([2H])c(-c4c([2H])c([2H])c([2H])c([2H])c4[2H])c([2H])c3[2H])c3c([2H])c([2H])c([2H])c4c3-c3c([2H])c([2H])c([2H])c([2H])c3C4(C([2H])([2H])[2H])C([2H])([2H])[2H])c([2H])c([2H])c([2H])c1C2(c1c([2H])c([2H])c([2H])c([2H])c1[2H])c1c([2H])c([2H])c([2H])c([2H])c1[2H]. The van der Waals surface area contributed by atoms with Gasteiger partial charge in [-0.15, -0.1) is 0 Å². The van der Waals surface area contributed by atoms with Gasteiger partial charge in [0.2, 0.25) is 0 Å². The maximum atomic E-state index is 10.2. The lowest BCUT2D eigenvalue weighted by atomic mass is 9.67. The van der Waals surface area contributed by atoms with E-state index in [2.05, 4.69) is 0 Å². The molecule has 280 valence electrons. The summed E-state index contributed by atoms with van der Waals surface area (Å²) < 4.78 is 392. The quantitative estimate of drug-likeness (QED) is 0.155. The molecule has 0 unspecified atom stereocenters. The third-order valence-corrected chi connectivity index (χ3v) is 9.89. The summed E-state index contributed by atoms with van der Waals surface area (Å²) in [7, 11) is 0. The maximum absolute atomic E-state index is 10.2. The first-order valence-electron chi connectivity index (χ1n) is 38.2. The minimum Gasteiger partial charge on any atom is -0.309 e. The van der Waals surface area contributed by atoms with Crippen molar-refractivity contribution in [1.29, 1.82) is 0 Å². The van der Waals surface area contributed by atoms with Crippen LogP contribution in [0, 0.1) is 0 Å². The molecule has 0 N–H and O–H groups in total. The first-order valence-corrected chi connectivity index (χ1v) is 17.2. The summed E-state index contributed by atoms with van der Waals surface area (Å²) in [6.45, 7) is -8.40. The molecule has 0 radical (unpaired) electrons. The molecule has 0 saturated carbocycles. The minimum atomic E-state index is -4.20. The van der Waals surface area contributed by atoms with Gasteiger partial charge >= 0.3 is 0 Å². The van der Waals surface area contributed by atoms with E-state index in [0.717, 1.165) is 0 Å². The number of para-hydroxylation sites is 1. The normalized spacial score (nSPS) is 24.3. The molecule has 2 aliphatic carbocycles. The molecule has 0 atom stereocenters. The molecule has 1 nitrogen and oxygen atoms in total. The fraction of sp³-hybridized carbons (Fsp3) is 0.0690. The van der Waals surface area contributed by atoms with E-state index in [4.69, 9.17) is 27.4 Å². The Balaban J connectivity index is 1.52. The van der Waals surface area contributed by atoms with Crippen LogP contribution in [0.2, 0.25) is 0 Å². The standard InChI is InChI=1S/C58H43N/c1-57(2)49-30-15-12-27-47(49)56-51(57)32-19-35-54(56)59(44-38-36-41(37-39-44)40-20-6-3-7-21-40)53-34-17-14-26-45(53)46-29-18-33-52-55(46)48-28-13-16-31-50(48)58(52,42-22-8-4-9-23-42)43-24-10-5-11-25-43/h3-39H,1-2H3/i1D3,2D3,3D,4D,5D,6D,7D,8D,9D,10D,11D,12D,13D,14D,15D,16D,17D,18D,19D,20D,21D,22D,23D,24D,25D,26D,27D,28D,29D,30D,32D,33D,34D,35D,36D,37D,38D,39D. The molecule has 0 spiro atoms. The molecular formula is C58H43N. The Kier molecular flexibility index (Phi) is 2.88. The van der Waals surface area contributed by atoms with Crippen molar-refractivity contribution in [2.75, 3.05) is 4.90 Å². The minimum absolute atomic E-state index is 0.0845. The third kappa shape index (κ3) is 5.25. The largest absolute Gasteiger partial charge is 0.309 e. The van der Waals surface area contributed by atoms with Gasteiger partial charge in [-0.2, -0.15) is 0 Å². The van der Waals surface area contributed by atoms with E-state index in [1.165, 1.54) is 0 Å². The average molecular weight is 796 g/mol. The molecule has 0 saturated heterocycles. The van der Waals surface area contributed by atoms with Crippen molar-refractivity contribution < 1.29 is 57.6 Å². The van der Waals surface area contributed by atoms with Gasteiger partial charge in [-0.3, -0.25) is 0 Å². The molecule has 0 heterocycles. The highest BCUT2D eigenvalue weighted by atomic mass is 15.1. The second-order valence-corrected chi connectivity index (χ2v) is 12.8. The van der Waals surface area contributed by atoms with Crippen molar-refractivity contribution in [1.82, 2.24) is 0 Å². The zero-order chi connectivity index (χ0) is 75.9. The van der Waals surface area contributed by atoms with E-state index in [0.29, 0.717) is 6.07 Å². The van der Waals surface area contributed by atoms with Crippen LogP contribution in [0.15, 0.2) is 224 Å². The topological polar surface area (TPSA) is 3.24 Å². The number of rotatable bonds is 7. The second kappa shape index (κ2) is 13.7. The Hall–Kier alpha value is -7.22. The highest BCUT2D eigenvalue weighted by Crippen LogP contribution is 2.60. The number of fused-ring (bicyclic) bond motifs is 6. The van der Waals surface area contributed by atoms with Crippen molar-refractivity contribution in [3.8, 4) is 44.5 Å². The van der Waals surface area contributed by atoms with Gasteiger partial charge in [0.15, 0.2) is 0 Å². The summed E-state index contributed by atoms with van der Waals surface area (Å²) in [6.07, 6.45) is 0. The van der Waals surface area contributed by atoms with Crippen LogP contribution in [0.25, 0.3) is 44.5 Å². The van der Waals surface area contributed by atoms with Crippen molar-refractivity contribution in [3.63, 3.8) is 0 Å². The van der Waals surface area contributed by atoms with E-state index < -0.39 is 337 Å². The van der Waals surface area contributed by atoms with Crippen LogP contribution < -0.4 is 4.90 Å². The van der Waals surface area contributed by atoms with Crippen molar-refractivity contribution >= 4 is 17.1 Å². The Morgan fingerprint density at radius 2 is 0.881 bits per heavy atom. The van der Waals surface area contributed by atoms with Gasteiger partial charge in [0.05, 0.1) is 66.1 Å². The summed E-state index contributed by atoms with van der Waals surface area (Å²) in [5, 5.41) is 0. The average Bonchev–Trinajstić information content (AvgIpc) is 1.51. The zero-order valence-corrected chi connectivity index (χ0v) is 29.5. The summed E-state index contributed by atoms with van der Waals surface area (Å²) in [5.41, 5.74) is -29.0. The molecule has 1 heteroatoms. The fourth-order valence-electron chi connectivity index (χ4n) is 7.52. The molecule has 9 aromatic carbocycles. The predicted molar refractivity (Wildman–Crippen MR) is 247 cm³/mol. The third-order valence-electron chi connectivity index (χ3n) is 9.89. The Bertz CT molecular complexity index is 5150. The molecule has 0 amide bonds. The van der Waals surface area contributed by atoms with E-state index >= 15 is 0 Å². The Morgan fingerprint density at radius 3 is 1.59 bits per heavy atom. The monoisotopic (exact) mass is 796 g/mol. The van der Waals surface area contributed by atoms with E-state index in [9.17, 15) is 30.2 Å². The first kappa shape index (κ1) is 12.4. The summed E-state index contributed by atoms with van der Waals surface area (Å²) >= 11 is 0. The molecule has 0 aromatic heterocycles. The Labute approximate surface area is 406 Å². The number of hydrogen-bond acceptors (Lipinski definition) is 1. The molecule has 2 aliphatic rings. The zero-order valence-electron chi connectivity index (χ0n) is 71.5. The van der Waals surface area contributed by atoms with E-state index in [1.807, 2.05) is 0 Å². The lowest BCUT2D eigenvalue weighted by molar-refractivity contribution is 0.660. The fourth-order valence-corrected chi connectivity index (χ4v) is 7.52. The van der Waals surface area contributed by atoms with Crippen LogP contribution in [0.3, 0.4) is 0 Å². The predicted octanol–water partition coefficient (Wildman–Crippen LogP) is 15.2. The number of anilines is 3. The second-order valence-electron chi connectivity index (χ2n) is 12.8. The van der Waals surface area contributed by atoms with Gasteiger partial charge < -0.3 is 4.90 Å². The van der Waals surface area contributed by atoms with Crippen LogP contribution in [-0.2, 0) is 10.8 Å². The molecule has 11 rings (SSSR count). The number of benzene rings is 9. The maximum Gasteiger partial charge on any atom is 0.0713 e. The summed E-state index contributed by atoms with van der Waals surface area (Å²) in [6, 6.07) is -47.4. The van der Waals surface area contributed by atoms with Gasteiger partial charge in [-0.25, -0.2) is 0 Å². The highest BCUT2D eigenvalue weighted by Gasteiger charge is 2.47. The highest BCUT2D eigenvalue weighted by molar-refractivity contribution is 6.02. The van der Waals surface area contributed by atoms with E-state index in [-0.39, 0.29) is 4.90 Å². The van der Waals surface area contributed by atoms with Crippen LogP contribution in [0.1, 0.15) is 105 Å². The van der Waals surface area contributed by atoms with Crippen molar-refractivity contribution in [3.05, 3.63) is 257 Å². The summed E-state index contributed by atoms with van der Waals surface area (Å²) in [4.78, 5) is 0.0845. The lowest BCUT2D eigenvalue weighted by Crippen LogP contribution is -2.28. The van der Waals surface area contributed by atoms with Gasteiger partial charge in [0.1, 0.15) is 0 Å². The lowest BCUT2D eigenvalue weighted by Gasteiger charge is -2.34. The van der Waals surface area contributed by atoms with Crippen LogP contribution in [0.4, 0.5) is 17.1 Å². The molecule has 0 fully saturated rings. The molecule has 0 aliphatic heterocycles. The van der Waals surface area contributed by atoms with Crippen LogP contribution in [0.5, 0.6) is 0 Å². The number of hydrogen-bond donors (Lipinski definition) is 0. The van der Waals surface area contributed by atoms with Gasteiger partial charge in [-0.05, 0) is 90.9 Å². The van der Waals surface area contributed by atoms with Crippen LogP contribution in [-0.4, -0.2) is 0 Å². The first-order chi connectivity index (χ1) is 46.5. The number of nitrogens with zero attached hydrogens (tertiary/aromatic N) is 1. The smallest absolute Gasteiger partial charge is 0.0713 e. The van der Waals surface area contributed by atoms with E-state index in [1.54, 1.807) is 0 Å². The van der Waals surface area contributed by atoms with Crippen molar-refractivity contribution in [2.24, 2.45) is 0 Å². The molecule has 9 aromatic rings. The molecule has 59 heavy (non-hydrogen) atoms. The molecule has 0 bridgehead atoms. The molecular weight excluding hydrogens is 711 g/mol. The van der Waals surface area contributed by atoms with Crippen LogP contribution >= 0.6 is 0 Å². The van der Waals surface area contributed by atoms with Crippen molar-refractivity contribution in [2.45, 2.75) is 24.5 Å². The summed E-state index contributed by atoms with van der Waals surface area (Å²) in [5.74, 6) is 0. The van der Waals surface area contributed by atoms with Gasteiger partial charge in [-0.1, -0.05) is 213 Å². The van der Waals surface area contributed by atoms with Gasteiger partial charge in [0.25, 0.3) is 0 Å². The Morgan fingerprint density at radius 1 is 0.373 bits per heavy atom.